The molecule has 0 spiro atoms. The summed E-state index contributed by atoms with van der Waals surface area (Å²) in [6.07, 6.45) is 2.69. The second-order valence-electron chi connectivity index (χ2n) is 34.0. The molecule has 3 heterocycles. The molecule has 2 aliphatic rings. The first-order valence-corrected chi connectivity index (χ1v) is 44.2. The van der Waals surface area contributed by atoms with Gasteiger partial charge in [0.2, 0.25) is 17.8 Å². The van der Waals surface area contributed by atoms with E-state index in [1.165, 1.54) is 64.7 Å². The molecule has 0 bridgehead atoms. The van der Waals surface area contributed by atoms with Crippen molar-refractivity contribution in [3.8, 4) is 45.6 Å². The first-order valence-electron chi connectivity index (χ1n) is 44.2. The number of phenolic OH excluding ortho intramolecular Hbond substituents is 6. The minimum Gasteiger partial charge on any atom is -0.507 e. The fraction of sp³-hybridized carbons (Fsp3) is 0.530. The van der Waals surface area contributed by atoms with E-state index in [1.807, 2.05) is 58.3 Å². The molecule has 1 aromatic heterocycles. The number of aryl methyl sites for hydroxylation is 5. The van der Waals surface area contributed by atoms with Gasteiger partial charge in [-0.2, -0.15) is 15.0 Å². The Labute approximate surface area is 787 Å². The lowest BCUT2D eigenvalue weighted by molar-refractivity contribution is -0.0135. The van der Waals surface area contributed by atoms with Crippen molar-refractivity contribution < 1.29 is 111 Å². The highest BCUT2D eigenvalue weighted by Gasteiger charge is 2.59. The number of anilines is 3. The molecule has 6 N–H and O–H groups in total. The molecule has 4 amide bonds. The maximum absolute atomic E-state index is 12.6. The van der Waals surface area contributed by atoms with Gasteiger partial charge in [0, 0.05) is 171 Å². The fourth-order valence-corrected chi connectivity index (χ4v) is 16.0. The van der Waals surface area contributed by atoms with Gasteiger partial charge in [-0.25, -0.2) is 9.59 Å². The molecule has 2 saturated heterocycles. The predicted molar refractivity (Wildman–Crippen MR) is 512 cm³/mol. The zero-order chi connectivity index (χ0) is 98.8. The number of amides is 4. The lowest BCUT2D eigenvalue weighted by atomic mass is 9.68. The summed E-state index contributed by atoms with van der Waals surface area (Å²) in [6, 6.07) is 32.5. The van der Waals surface area contributed by atoms with Gasteiger partial charge in [0.05, 0.1) is 46.2 Å². The summed E-state index contributed by atoms with van der Waals surface area (Å²) in [5, 5.41) is 63.7. The Kier molecular flexibility index (Phi) is 45.0. The number of hydrogen-bond acceptors (Lipinski definition) is 29. The van der Waals surface area contributed by atoms with Gasteiger partial charge in [-0.1, -0.05) is 124 Å². The second-order valence-corrected chi connectivity index (χ2v) is 34.0. The number of fused-ring (bicyclic) bond motifs is 1. The summed E-state index contributed by atoms with van der Waals surface area (Å²) < 4.78 is 77.9. The van der Waals surface area contributed by atoms with Gasteiger partial charge in [-0.15, -0.1) is 0 Å². The van der Waals surface area contributed by atoms with E-state index in [2.05, 4.69) is 144 Å². The number of carbonyl (C=O) groups excluding carboxylic acids is 2. The van der Waals surface area contributed by atoms with Crippen molar-refractivity contribution in [3.63, 3.8) is 0 Å². The van der Waals surface area contributed by atoms with E-state index in [-0.39, 0.29) is 99.2 Å². The van der Waals surface area contributed by atoms with E-state index in [0.717, 1.165) is 91.6 Å². The van der Waals surface area contributed by atoms with E-state index in [4.69, 9.17) is 71.1 Å². The largest absolute Gasteiger partial charge is 0.507 e. The smallest absolute Gasteiger partial charge is 0.327 e. The minimum atomic E-state index is -0.633. The lowest BCUT2D eigenvalue weighted by Crippen LogP contribution is -2.48. The number of aromatic hydroxyl groups is 6. The normalized spacial score (nSPS) is 13.7. The average Bonchev–Trinajstić information content (AvgIpc) is 1.58. The number of nitrogens with zero attached hydrogens (tertiary/aromatic N) is 10. The number of urea groups is 2. The molecular formula is C100H148N10O23. The molecule has 133 heavy (non-hydrogen) atoms. The van der Waals surface area contributed by atoms with Crippen LogP contribution >= 0.6 is 0 Å². The highest BCUT2D eigenvalue weighted by Crippen LogP contribution is 2.47. The topological polar surface area (TPSA) is 355 Å². The molecule has 736 valence electrons. The summed E-state index contributed by atoms with van der Waals surface area (Å²) in [5.41, 5.74) is 17.5. The Balaban J connectivity index is 0.000000270. The van der Waals surface area contributed by atoms with Crippen molar-refractivity contribution in [1.82, 2.24) is 34.6 Å². The molecule has 0 radical (unpaired) electrons. The average molecular weight is 1860 g/mol. The molecule has 2 fully saturated rings. The van der Waals surface area contributed by atoms with E-state index in [9.17, 15) is 40.2 Å². The van der Waals surface area contributed by atoms with Gasteiger partial charge in [0.25, 0.3) is 0 Å². The maximum Gasteiger partial charge on any atom is 0.327 e. The molecular weight excluding hydrogens is 1710 g/mol. The highest BCUT2D eigenvalue weighted by atomic mass is 16.5. The van der Waals surface area contributed by atoms with E-state index in [1.54, 1.807) is 92.9 Å². The fourth-order valence-electron chi connectivity index (χ4n) is 16.0. The van der Waals surface area contributed by atoms with Crippen LogP contribution in [-0.2, 0) is 166 Å². The van der Waals surface area contributed by atoms with Crippen molar-refractivity contribution in [3.05, 3.63) is 197 Å². The Morgan fingerprint density at radius 2 is 0.526 bits per heavy atom. The Bertz CT molecular complexity index is 4670. The van der Waals surface area contributed by atoms with E-state index >= 15 is 0 Å². The van der Waals surface area contributed by atoms with Crippen molar-refractivity contribution in [2.24, 2.45) is 0 Å². The van der Waals surface area contributed by atoms with Crippen LogP contribution in [0.5, 0.6) is 34.5 Å². The van der Waals surface area contributed by atoms with Crippen LogP contribution in [0.1, 0.15) is 176 Å². The number of hydrogen-bond donors (Lipinski definition) is 6. The van der Waals surface area contributed by atoms with Gasteiger partial charge in [0.15, 0.2) is 12.3 Å². The van der Waals surface area contributed by atoms with Crippen LogP contribution in [0.2, 0.25) is 0 Å². The molecule has 33 heteroatoms. The Morgan fingerprint density at radius 1 is 0.293 bits per heavy atom. The Hall–Kier alpha value is -10.3. The van der Waals surface area contributed by atoms with Gasteiger partial charge in [0.1, 0.15) is 88.3 Å². The van der Waals surface area contributed by atoms with Gasteiger partial charge >= 0.3 is 12.1 Å². The summed E-state index contributed by atoms with van der Waals surface area (Å²) in [5.74, 6) is 3.10. The molecule has 10 rings (SSSR count). The molecule has 0 atom stereocenters. The number of phenols is 6. The number of methoxy groups -OCH3 is 15. The number of rotatable bonds is 44. The van der Waals surface area contributed by atoms with Crippen LogP contribution in [0.4, 0.5) is 27.4 Å². The number of ether oxygens (including phenoxy) is 15. The molecule has 0 aliphatic carbocycles. The monoisotopic (exact) mass is 1860 g/mol. The second kappa shape index (κ2) is 53.7. The summed E-state index contributed by atoms with van der Waals surface area (Å²) in [4.78, 5) is 49.6. The van der Waals surface area contributed by atoms with Crippen LogP contribution in [0.3, 0.4) is 0 Å². The van der Waals surface area contributed by atoms with Gasteiger partial charge < -0.3 is 111 Å². The van der Waals surface area contributed by atoms with E-state index < -0.39 is 17.7 Å². The van der Waals surface area contributed by atoms with Gasteiger partial charge in [-0.3, -0.25) is 24.5 Å². The molecule has 0 saturated carbocycles. The summed E-state index contributed by atoms with van der Waals surface area (Å²) >= 11 is 0. The lowest BCUT2D eigenvalue weighted by Gasteiger charge is -2.35. The maximum atomic E-state index is 12.6. The van der Waals surface area contributed by atoms with Crippen LogP contribution < -0.4 is 14.7 Å². The Morgan fingerprint density at radius 3 is 0.789 bits per heavy atom. The van der Waals surface area contributed by atoms with Crippen LogP contribution in [0, 0.1) is 0 Å². The first kappa shape index (κ1) is 111. The predicted octanol–water partition coefficient (Wildman–Crippen LogP) is 15.3. The molecule has 7 aromatic carbocycles. The van der Waals surface area contributed by atoms with Crippen LogP contribution in [0.15, 0.2) is 97.1 Å². The first-order chi connectivity index (χ1) is 63.5. The van der Waals surface area contributed by atoms with Crippen molar-refractivity contribution in [2.75, 3.05) is 189 Å². The standard InChI is InChI=1S/C41H52O5.C20H26O6.C14H22O2.C13H26N6O4.C12H22N4O6/c1-10-26-18-34(19-27(11-2)37(26)42)40(5,6)32-14-16-33(17-15-32)41(7,35-20-28(12-3)38(43)30(22-35)24-45-8)36-21-29(13-4)39(44)31(23-36)25-46-9;1-23-9-15-5-13(6-16(10-24-2)19(15)21)14-7-17(11-25-3)20(22)18(8-14)12-26-4;1-6-10-7-12(14(2,3)4)8-11(9-16-5)13(10)15;1-17(7-20-3)11-14-12(18(2)8-21-4)16-13(15-11)19(9-22-5)10-23-6;1-19-5-13-9-10(15(7-21-3)11(13)17)16(8-22-4)12(18)14(9)6-20-2/h14-23,42-44H,10-13,24-25H2,1-9H3;5-8,21-22H,9-12H2,1-4H3;7-8,15H,6,9H2,1-5H3;7-10H2,1-6H3;9-10H,5-8H2,1-4H3. The van der Waals surface area contributed by atoms with Gasteiger partial charge in [-0.05, 0) is 159 Å². The van der Waals surface area contributed by atoms with Crippen molar-refractivity contribution >= 4 is 29.9 Å². The van der Waals surface area contributed by atoms with E-state index in [0.29, 0.717) is 111 Å². The SMILES string of the molecule is CCc1cc(C(C)(C)C)cc(COC)c1O.CCc1cc(C(C)(C)c2ccc(C(C)(c3cc(CC)c(O)c(COC)c3)c3cc(CC)c(O)c(COC)c3)cc2)cc(CC)c1O.COCN(C)c1nc(N(C)COC)nc(N(COC)COC)n1.COCN1C(=O)N(COC)C2C1N(COC)C(=O)N2COC.COCc1cc(-c2cc(COC)c(O)c(COC)c2)cc(COC)c1O. The summed E-state index contributed by atoms with van der Waals surface area (Å²) in [6.45, 7) is 27.3. The molecule has 33 nitrogen and oxygen atoms in total. The third kappa shape index (κ3) is 27.7. The quantitative estimate of drug-likeness (QED) is 0.0153. The number of aromatic nitrogens is 3. The minimum absolute atomic E-state index is 0.0640. The number of benzene rings is 7. The molecule has 2 aliphatic heterocycles. The molecule has 8 aromatic rings. The van der Waals surface area contributed by atoms with Crippen LogP contribution in [-0.4, -0.2) is 264 Å². The van der Waals surface area contributed by atoms with Crippen molar-refractivity contribution in [2.45, 2.75) is 183 Å². The highest BCUT2D eigenvalue weighted by molar-refractivity contribution is 5.85. The molecule has 0 unspecified atom stereocenters. The third-order valence-electron chi connectivity index (χ3n) is 23.3. The van der Waals surface area contributed by atoms with Crippen molar-refractivity contribution in [1.29, 1.82) is 0 Å². The summed E-state index contributed by atoms with van der Waals surface area (Å²) in [7, 11) is 27.3. The third-order valence-corrected chi connectivity index (χ3v) is 23.3. The zero-order valence-electron chi connectivity index (χ0n) is 83.6. The van der Waals surface area contributed by atoms with Crippen LogP contribution in [0.25, 0.3) is 11.1 Å². The number of carbonyl (C=O) groups is 2. The zero-order valence-corrected chi connectivity index (χ0v) is 83.6.